The van der Waals surface area contributed by atoms with Gasteiger partial charge in [-0.15, -0.1) is 0 Å². The van der Waals surface area contributed by atoms with Gasteiger partial charge in [0.15, 0.2) is 0 Å². The predicted octanol–water partition coefficient (Wildman–Crippen LogP) is 3.55. The zero-order chi connectivity index (χ0) is 16.7. The maximum absolute atomic E-state index is 13.2. The number of nitrogens with one attached hydrogen (secondary N) is 1. The lowest BCUT2D eigenvalue weighted by Gasteiger charge is -2.32. The van der Waals surface area contributed by atoms with E-state index in [4.69, 9.17) is 0 Å². The first-order chi connectivity index (χ1) is 11.5. The third-order valence-corrected chi connectivity index (χ3v) is 4.83. The Hall–Kier alpha value is -2.08. The van der Waals surface area contributed by atoms with Crippen molar-refractivity contribution in [2.24, 2.45) is 0 Å². The summed E-state index contributed by atoms with van der Waals surface area (Å²) >= 11 is 0. The van der Waals surface area contributed by atoms with Gasteiger partial charge < -0.3 is 10.2 Å². The number of alkyl halides is 3. The van der Waals surface area contributed by atoms with Crippen LogP contribution in [0.1, 0.15) is 34.8 Å². The number of nitrogens with zero attached hydrogens (tertiary/aromatic N) is 2. The molecule has 1 N–H and O–H groups in total. The van der Waals surface area contributed by atoms with Gasteiger partial charge in [0, 0.05) is 25.7 Å². The van der Waals surface area contributed by atoms with E-state index in [1.807, 2.05) is 12.1 Å². The van der Waals surface area contributed by atoms with Crippen LogP contribution in [0.2, 0.25) is 0 Å². The predicted molar refractivity (Wildman–Crippen MR) is 86.1 cm³/mol. The molecule has 2 aromatic rings. The van der Waals surface area contributed by atoms with Gasteiger partial charge in [0.25, 0.3) is 0 Å². The molecule has 0 spiro atoms. The summed E-state index contributed by atoms with van der Waals surface area (Å²) in [6.45, 7) is 2.32. The molecule has 0 aliphatic carbocycles. The lowest BCUT2D eigenvalue weighted by atomic mass is 9.95. The largest absolute Gasteiger partial charge is 0.416 e. The fraction of sp³-hybridized carbons (Fsp3) is 0.389. The van der Waals surface area contributed by atoms with Crippen molar-refractivity contribution in [2.75, 3.05) is 24.5 Å². The van der Waals surface area contributed by atoms with Gasteiger partial charge in [-0.1, -0.05) is 6.07 Å². The first-order valence-electron chi connectivity index (χ1n) is 8.15. The quantitative estimate of drug-likeness (QED) is 0.799. The molecule has 6 heteroatoms. The van der Waals surface area contributed by atoms with Crippen LogP contribution in [0, 0.1) is 0 Å². The second-order valence-corrected chi connectivity index (χ2v) is 6.32. The number of aromatic nitrogens is 1. The molecule has 3 nitrogen and oxygen atoms in total. The van der Waals surface area contributed by atoms with Crippen molar-refractivity contribution < 1.29 is 13.2 Å². The molecule has 24 heavy (non-hydrogen) atoms. The van der Waals surface area contributed by atoms with Crippen molar-refractivity contribution in [3.63, 3.8) is 0 Å². The Bertz CT molecular complexity index is 757. The standard InChI is InChI=1S/C18H18F3N3/c19-18(20,21)13-5-4-12-9-15-16(3-1-7-23-15)24-8-2-6-22-11-17(24)14(12)10-13/h1,3-5,7,10,17,22H,2,6,8-9,11H2. The van der Waals surface area contributed by atoms with Gasteiger partial charge >= 0.3 is 6.18 Å². The first-order valence-corrected chi connectivity index (χ1v) is 8.15. The highest BCUT2D eigenvalue weighted by atomic mass is 19.4. The molecule has 1 fully saturated rings. The molecule has 3 heterocycles. The van der Waals surface area contributed by atoms with Crippen molar-refractivity contribution in [2.45, 2.75) is 25.1 Å². The zero-order valence-electron chi connectivity index (χ0n) is 13.1. The van der Waals surface area contributed by atoms with Crippen LogP contribution in [-0.2, 0) is 12.6 Å². The molecule has 0 radical (unpaired) electrons. The highest BCUT2D eigenvalue weighted by molar-refractivity contribution is 5.58. The number of pyridine rings is 1. The van der Waals surface area contributed by atoms with Crippen LogP contribution in [0.5, 0.6) is 0 Å². The summed E-state index contributed by atoms with van der Waals surface area (Å²) in [4.78, 5) is 6.70. The van der Waals surface area contributed by atoms with Gasteiger partial charge in [-0.3, -0.25) is 4.98 Å². The van der Waals surface area contributed by atoms with E-state index in [0.29, 0.717) is 13.0 Å². The van der Waals surface area contributed by atoms with E-state index in [1.54, 1.807) is 12.3 Å². The SMILES string of the molecule is FC(F)(F)c1ccc2c(c1)C1CNCCCN1c1cccnc1C2. The summed E-state index contributed by atoms with van der Waals surface area (Å²) in [5, 5.41) is 3.36. The van der Waals surface area contributed by atoms with Crippen LogP contribution in [-0.4, -0.2) is 24.6 Å². The summed E-state index contributed by atoms with van der Waals surface area (Å²) in [5.74, 6) is 0. The zero-order valence-corrected chi connectivity index (χ0v) is 13.1. The summed E-state index contributed by atoms with van der Waals surface area (Å²) in [7, 11) is 0. The molecule has 2 aliphatic rings. The molecule has 1 aromatic heterocycles. The number of halogens is 3. The fourth-order valence-electron chi connectivity index (χ4n) is 3.70. The maximum Gasteiger partial charge on any atom is 0.416 e. The molecule has 0 saturated carbocycles. The number of rotatable bonds is 0. The van der Waals surface area contributed by atoms with Crippen molar-refractivity contribution in [1.82, 2.24) is 10.3 Å². The Kier molecular flexibility index (Phi) is 3.72. The molecule has 0 bridgehead atoms. The molecule has 2 aliphatic heterocycles. The van der Waals surface area contributed by atoms with Gasteiger partial charge in [-0.25, -0.2) is 0 Å². The third kappa shape index (κ3) is 2.65. The average molecular weight is 333 g/mol. The number of hydrogen-bond donors (Lipinski definition) is 1. The third-order valence-electron chi connectivity index (χ3n) is 4.83. The van der Waals surface area contributed by atoms with E-state index < -0.39 is 11.7 Å². The van der Waals surface area contributed by atoms with Crippen LogP contribution < -0.4 is 10.2 Å². The molecule has 126 valence electrons. The topological polar surface area (TPSA) is 28.2 Å². The normalized spacial score (nSPS) is 20.5. The van der Waals surface area contributed by atoms with Gasteiger partial charge in [-0.05, 0) is 48.4 Å². The van der Waals surface area contributed by atoms with E-state index in [9.17, 15) is 13.2 Å². The molecule has 1 atom stereocenters. The van der Waals surface area contributed by atoms with Crippen LogP contribution >= 0.6 is 0 Å². The summed E-state index contributed by atoms with van der Waals surface area (Å²) in [6, 6.07) is 7.94. The van der Waals surface area contributed by atoms with Gasteiger partial charge in [0.2, 0.25) is 0 Å². The summed E-state index contributed by atoms with van der Waals surface area (Å²) in [6.07, 6.45) is -1.05. The highest BCUT2D eigenvalue weighted by Crippen LogP contribution is 2.39. The minimum Gasteiger partial charge on any atom is -0.362 e. The smallest absolute Gasteiger partial charge is 0.362 e. The Labute approximate surface area is 138 Å². The Morgan fingerprint density at radius 1 is 1.21 bits per heavy atom. The first kappa shape index (κ1) is 15.4. The van der Waals surface area contributed by atoms with Gasteiger partial charge in [-0.2, -0.15) is 13.2 Å². The molecule has 4 rings (SSSR count). The number of anilines is 1. The molecular weight excluding hydrogens is 315 g/mol. The summed E-state index contributed by atoms with van der Waals surface area (Å²) in [5.41, 5.74) is 3.08. The van der Waals surface area contributed by atoms with E-state index in [1.165, 1.54) is 12.1 Å². The van der Waals surface area contributed by atoms with Crippen LogP contribution in [0.25, 0.3) is 0 Å². The molecule has 1 unspecified atom stereocenters. The van der Waals surface area contributed by atoms with Crippen molar-refractivity contribution in [3.05, 3.63) is 58.9 Å². The van der Waals surface area contributed by atoms with E-state index in [-0.39, 0.29) is 6.04 Å². The summed E-state index contributed by atoms with van der Waals surface area (Å²) < 4.78 is 39.6. The lowest BCUT2D eigenvalue weighted by molar-refractivity contribution is -0.137. The van der Waals surface area contributed by atoms with Crippen LogP contribution in [0.4, 0.5) is 18.9 Å². The van der Waals surface area contributed by atoms with Gasteiger partial charge in [0.1, 0.15) is 0 Å². The van der Waals surface area contributed by atoms with Crippen molar-refractivity contribution in [3.8, 4) is 0 Å². The minimum atomic E-state index is -4.32. The van der Waals surface area contributed by atoms with Gasteiger partial charge in [0.05, 0.1) is 23.0 Å². The van der Waals surface area contributed by atoms with E-state index >= 15 is 0 Å². The molecule has 1 aromatic carbocycles. The average Bonchev–Trinajstić information content (AvgIpc) is 2.86. The highest BCUT2D eigenvalue weighted by Gasteiger charge is 2.35. The molecular formula is C18H18F3N3. The maximum atomic E-state index is 13.2. The minimum absolute atomic E-state index is 0.102. The fourth-order valence-corrected chi connectivity index (χ4v) is 3.70. The second-order valence-electron chi connectivity index (χ2n) is 6.32. The number of fused-ring (bicyclic) bond motifs is 5. The Morgan fingerprint density at radius 3 is 2.92 bits per heavy atom. The van der Waals surface area contributed by atoms with Crippen molar-refractivity contribution >= 4 is 5.69 Å². The lowest BCUT2D eigenvalue weighted by Crippen LogP contribution is -2.33. The Morgan fingerprint density at radius 2 is 2.08 bits per heavy atom. The second kappa shape index (κ2) is 5.77. The number of benzene rings is 1. The molecule has 0 amide bonds. The van der Waals surface area contributed by atoms with E-state index in [0.717, 1.165) is 42.0 Å². The van der Waals surface area contributed by atoms with Crippen LogP contribution in [0.15, 0.2) is 36.5 Å². The van der Waals surface area contributed by atoms with Crippen LogP contribution in [0.3, 0.4) is 0 Å². The monoisotopic (exact) mass is 333 g/mol. The number of hydrogen-bond acceptors (Lipinski definition) is 3. The molecule has 1 saturated heterocycles. The van der Waals surface area contributed by atoms with E-state index in [2.05, 4.69) is 15.2 Å². The van der Waals surface area contributed by atoms with Crippen molar-refractivity contribution in [1.29, 1.82) is 0 Å². The Balaban J connectivity index is 1.89.